The number of amides is 1. The molecule has 0 aliphatic carbocycles. The van der Waals surface area contributed by atoms with Gasteiger partial charge in [0.15, 0.2) is 0 Å². The van der Waals surface area contributed by atoms with Crippen molar-refractivity contribution in [2.45, 2.75) is 0 Å². The maximum Gasteiger partial charge on any atom is 0.254 e. The van der Waals surface area contributed by atoms with Gasteiger partial charge in [-0.15, -0.1) is 0 Å². The van der Waals surface area contributed by atoms with Crippen LogP contribution in [-0.2, 0) is 0 Å². The van der Waals surface area contributed by atoms with Crippen LogP contribution in [0, 0.1) is 0 Å². The van der Waals surface area contributed by atoms with Gasteiger partial charge in [-0.1, -0.05) is 48.5 Å². The summed E-state index contributed by atoms with van der Waals surface area (Å²) in [6.07, 6.45) is 0. The molecule has 0 saturated carbocycles. The minimum Gasteiger partial charge on any atom is -0.545 e. The van der Waals surface area contributed by atoms with Gasteiger partial charge < -0.3 is 19.7 Å². The van der Waals surface area contributed by atoms with Gasteiger partial charge in [-0.25, -0.2) is 0 Å². The molecule has 0 atom stereocenters. The molecule has 1 heterocycles. The lowest BCUT2D eigenvalue weighted by Crippen LogP contribution is -2.49. The highest BCUT2D eigenvalue weighted by molar-refractivity contribution is 6.04. The van der Waals surface area contributed by atoms with Crippen molar-refractivity contribution in [1.82, 2.24) is 4.90 Å². The molecular weight excluding hydrogens is 340 g/mol. The third-order valence-corrected chi connectivity index (χ3v) is 5.04. The Hall–Kier alpha value is -3.34. The van der Waals surface area contributed by atoms with Gasteiger partial charge in [-0.05, 0) is 29.0 Å². The van der Waals surface area contributed by atoms with Crippen LogP contribution >= 0.6 is 0 Å². The lowest BCUT2D eigenvalue weighted by molar-refractivity contribution is -0.255. The Morgan fingerprint density at radius 3 is 2.07 bits per heavy atom. The predicted molar refractivity (Wildman–Crippen MR) is 103 cm³/mol. The number of hydrogen-bond acceptors (Lipinski definition) is 4. The van der Waals surface area contributed by atoms with Crippen LogP contribution in [-0.4, -0.2) is 43.0 Å². The normalized spacial score (nSPS) is 14.4. The number of rotatable bonds is 3. The number of anilines is 1. The van der Waals surface area contributed by atoms with Gasteiger partial charge in [0.05, 0.1) is 5.97 Å². The van der Waals surface area contributed by atoms with E-state index in [0.29, 0.717) is 26.2 Å². The molecule has 0 aromatic heterocycles. The van der Waals surface area contributed by atoms with E-state index in [1.807, 2.05) is 12.1 Å². The molecule has 0 radical (unpaired) electrons. The van der Waals surface area contributed by atoms with Gasteiger partial charge in [-0.2, -0.15) is 0 Å². The van der Waals surface area contributed by atoms with Crippen LogP contribution in [0.4, 0.5) is 5.69 Å². The average molecular weight is 359 g/mol. The summed E-state index contributed by atoms with van der Waals surface area (Å²) in [6.45, 7) is 2.51. The maximum atomic E-state index is 12.8. The molecule has 1 aliphatic heterocycles. The molecule has 0 bridgehead atoms. The van der Waals surface area contributed by atoms with Crippen LogP contribution in [0.2, 0.25) is 0 Å². The van der Waals surface area contributed by atoms with Crippen molar-refractivity contribution in [3.63, 3.8) is 0 Å². The fourth-order valence-corrected chi connectivity index (χ4v) is 3.56. The second kappa shape index (κ2) is 7.11. The Kier molecular flexibility index (Phi) is 4.50. The number of benzene rings is 3. The quantitative estimate of drug-likeness (QED) is 0.719. The summed E-state index contributed by atoms with van der Waals surface area (Å²) in [7, 11) is 0. The van der Waals surface area contributed by atoms with E-state index in [4.69, 9.17) is 0 Å². The molecule has 1 amide bonds. The van der Waals surface area contributed by atoms with Gasteiger partial charge >= 0.3 is 0 Å². The molecule has 0 unspecified atom stereocenters. The van der Waals surface area contributed by atoms with E-state index in [1.165, 1.54) is 16.8 Å². The van der Waals surface area contributed by atoms with Crippen molar-refractivity contribution in [2.24, 2.45) is 0 Å². The number of nitrogens with zero attached hydrogens (tertiary/aromatic N) is 2. The average Bonchev–Trinajstić information content (AvgIpc) is 2.73. The van der Waals surface area contributed by atoms with Gasteiger partial charge in [0.2, 0.25) is 0 Å². The Balaban J connectivity index is 1.48. The van der Waals surface area contributed by atoms with Crippen LogP contribution in [0.15, 0.2) is 66.7 Å². The summed E-state index contributed by atoms with van der Waals surface area (Å²) in [4.78, 5) is 28.0. The topological polar surface area (TPSA) is 63.7 Å². The fourth-order valence-electron chi connectivity index (χ4n) is 3.56. The van der Waals surface area contributed by atoms with Crippen LogP contribution in [0.1, 0.15) is 20.7 Å². The molecule has 0 spiro atoms. The number of piperazine rings is 1. The second-order valence-corrected chi connectivity index (χ2v) is 6.64. The zero-order chi connectivity index (χ0) is 18.8. The molecule has 1 fully saturated rings. The van der Waals surface area contributed by atoms with E-state index in [2.05, 4.69) is 35.2 Å². The number of carbonyl (C=O) groups excluding carboxylic acids is 2. The zero-order valence-corrected chi connectivity index (χ0v) is 14.8. The summed E-state index contributed by atoms with van der Waals surface area (Å²) >= 11 is 0. The Morgan fingerprint density at radius 1 is 0.741 bits per heavy atom. The molecule has 0 N–H and O–H groups in total. The lowest BCUT2D eigenvalue weighted by Gasteiger charge is -2.36. The predicted octanol–water partition coefficient (Wildman–Crippen LogP) is 2.17. The van der Waals surface area contributed by atoms with Crippen molar-refractivity contribution >= 4 is 28.3 Å². The minimum absolute atomic E-state index is 0.0561. The first-order valence-corrected chi connectivity index (χ1v) is 8.97. The highest BCUT2D eigenvalue weighted by Crippen LogP contribution is 2.23. The summed E-state index contributed by atoms with van der Waals surface area (Å²) < 4.78 is 0. The molecular formula is C22H19N2O3-. The first-order valence-electron chi connectivity index (χ1n) is 8.97. The standard InChI is InChI=1S/C22H20N2O3/c25-21(19-7-3-4-8-20(19)22(26)27)24-13-11-23(12-14-24)18-10-9-16-5-1-2-6-17(16)15-18/h1-10,15H,11-14H2,(H,26,27)/p-1. The van der Waals surface area contributed by atoms with Gasteiger partial charge in [0.25, 0.3) is 5.91 Å². The molecule has 1 aliphatic rings. The smallest absolute Gasteiger partial charge is 0.254 e. The van der Waals surface area contributed by atoms with Crippen molar-refractivity contribution < 1.29 is 14.7 Å². The zero-order valence-electron chi connectivity index (χ0n) is 14.8. The first-order chi connectivity index (χ1) is 13.1. The van der Waals surface area contributed by atoms with Crippen LogP contribution in [0.3, 0.4) is 0 Å². The summed E-state index contributed by atoms with van der Waals surface area (Å²) in [6, 6.07) is 20.8. The maximum absolute atomic E-state index is 12.8. The van der Waals surface area contributed by atoms with E-state index in [9.17, 15) is 14.7 Å². The van der Waals surface area contributed by atoms with Crippen molar-refractivity contribution in [3.05, 3.63) is 77.9 Å². The third-order valence-electron chi connectivity index (χ3n) is 5.04. The van der Waals surface area contributed by atoms with E-state index in [-0.39, 0.29) is 17.0 Å². The molecule has 3 aromatic carbocycles. The van der Waals surface area contributed by atoms with Crippen molar-refractivity contribution in [2.75, 3.05) is 31.1 Å². The number of carboxylic acid groups (broad SMARTS) is 1. The monoisotopic (exact) mass is 359 g/mol. The Labute approximate surface area is 157 Å². The molecule has 136 valence electrons. The van der Waals surface area contributed by atoms with E-state index in [1.54, 1.807) is 23.1 Å². The summed E-state index contributed by atoms with van der Waals surface area (Å²) in [5.74, 6) is -1.58. The van der Waals surface area contributed by atoms with E-state index < -0.39 is 5.97 Å². The number of carbonyl (C=O) groups is 2. The molecule has 5 nitrogen and oxygen atoms in total. The first kappa shape index (κ1) is 17.1. The highest BCUT2D eigenvalue weighted by atomic mass is 16.4. The van der Waals surface area contributed by atoms with Crippen LogP contribution in [0.25, 0.3) is 10.8 Å². The Morgan fingerprint density at radius 2 is 1.37 bits per heavy atom. The van der Waals surface area contributed by atoms with Crippen LogP contribution < -0.4 is 10.0 Å². The van der Waals surface area contributed by atoms with Crippen molar-refractivity contribution in [1.29, 1.82) is 0 Å². The summed E-state index contributed by atoms with van der Waals surface area (Å²) in [5, 5.41) is 13.7. The van der Waals surface area contributed by atoms with Crippen LogP contribution in [0.5, 0.6) is 0 Å². The number of fused-ring (bicyclic) bond motifs is 1. The molecule has 3 aromatic rings. The molecule has 1 saturated heterocycles. The highest BCUT2D eigenvalue weighted by Gasteiger charge is 2.24. The fraction of sp³-hybridized carbons (Fsp3) is 0.182. The SMILES string of the molecule is O=C([O-])c1ccccc1C(=O)N1CCN(c2ccc3ccccc3c2)CC1. The molecule has 4 rings (SSSR count). The Bertz CT molecular complexity index is 1010. The lowest BCUT2D eigenvalue weighted by atomic mass is 10.1. The van der Waals surface area contributed by atoms with E-state index in [0.717, 1.165) is 5.69 Å². The van der Waals surface area contributed by atoms with Crippen molar-refractivity contribution in [3.8, 4) is 0 Å². The summed E-state index contributed by atoms with van der Waals surface area (Å²) in [5.41, 5.74) is 1.27. The van der Waals surface area contributed by atoms with E-state index >= 15 is 0 Å². The number of carboxylic acids is 1. The number of hydrogen-bond donors (Lipinski definition) is 0. The molecule has 5 heteroatoms. The molecule has 27 heavy (non-hydrogen) atoms. The van der Waals surface area contributed by atoms with Gasteiger partial charge in [-0.3, -0.25) is 4.79 Å². The second-order valence-electron chi connectivity index (χ2n) is 6.64. The third kappa shape index (κ3) is 3.36. The largest absolute Gasteiger partial charge is 0.545 e. The van der Waals surface area contributed by atoms with Gasteiger partial charge in [0.1, 0.15) is 0 Å². The minimum atomic E-state index is -1.33. The number of aromatic carboxylic acids is 1. The van der Waals surface area contributed by atoms with Gasteiger partial charge in [0, 0.05) is 43.0 Å².